The summed E-state index contributed by atoms with van der Waals surface area (Å²) in [6.07, 6.45) is -0.196. The Morgan fingerprint density at radius 1 is 1.14 bits per heavy atom. The van der Waals surface area contributed by atoms with Crippen LogP contribution in [0.4, 0.5) is 0 Å². The van der Waals surface area contributed by atoms with E-state index in [1.807, 2.05) is 62.4 Å². The lowest BCUT2D eigenvalue weighted by atomic mass is 10.1. The van der Waals surface area contributed by atoms with Gasteiger partial charge in [-0.05, 0) is 38.1 Å². The molecule has 0 fully saturated rings. The molecular formula is C22H23N3O3. The number of aromatic nitrogens is 2. The van der Waals surface area contributed by atoms with Gasteiger partial charge in [-0.2, -0.15) is 0 Å². The summed E-state index contributed by atoms with van der Waals surface area (Å²) in [6.45, 7) is 4.79. The molecule has 0 unspecified atom stereocenters. The first-order chi connectivity index (χ1) is 13.5. The fourth-order valence-corrected chi connectivity index (χ4v) is 3.42. The molecule has 0 saturated carbocycles. The lowest BCUT2D eigenvalue weighted by Gasteiger charge is -2.29. The molecular weight excluding hydrogens is 354 g/mol. The average Bonchev–Trinajstić information content (AvgIpc) is 3.05. The first-order valence-corrected chi connectivity index (χ1v) is 9.29. The van der Waals surface area contributed by atoms with Crippen molar-refractivity contribution in [2.24, 2.45) is 0 Å². The highest BCUT2D eigenvalue weighted by Gasteiger charge is 2.24. The summed E-state index contributed by atoms with van der Waals surface area (Å²) in [5, 5.41) is 0. The molecule has 1 aliphatic rings. The topological polar surface area (TPSA) is 67.5 Å². The van der Waals surface area contributed by atoms with E-state index >= 15 is 0 Å². The largest absolute Gasteiger partial charge is 0.486 e. The van der Waals surface area contributed by atoms with Crippen molar-refractivity contribution in [1.29, 1.82) is 0 Å². The number of likely N-dealkylation sites (N-methyl/N-ethyl adjacent to an activating group) is 1. The van der Waals surface area contributed by atoms with Gasteiger partial charge in [-0.3, -0.25) is 4.79 Å². The quantitative estimate of drug-likeness (QED) is 0.754. The van der Waals surface area contributed by atoms with E-state index in [4.69, 9.17) is 9.47 Å². The molecule has 1 aliphatic heterocycles. The second-order valence-electron chi connectivity index (χ2n) is 7.06. The molecule has 2 heterocycles. The van der Waals surface area contributed by atoms with Gasteiger partial charge in [0.05, 0.1) is 12.2 Å². The maximum absolute atomic E-state index is 12.8. The summed E-state index contributed by atoms with van der Waals surface area (Å²) in [5.41, 5.74) is 3.55. The van der Waals surface area contributed by atoms with Crippen LogP contribution in [0.3, 0.4) is 0 Å². The van der Waals surface area contributed by atoms with Crippen molar-refractivity contribution in [1.82, 2.24) is 14.9 Å². The standard InChI is InChI=1S/C22H23N3O3/c1-14-21(24-15(2)23-14)16-8-10-17(11-9-16)22(26)25(3)12-18-13-27-19-6-4-5-7-20(19)28-18/h4-11,18H,12-13H2,1-3H3,(H,23,24)/t18-/m1/s1. The summed E-state index contributed by atoms with van der Waals surface area (Å²) >= 11 is 0. The normalized spacial score (nSPS) is 15.3. The minimum Gasteiger partial charge on any atom is -0.486 e. The number of hydrogen-bond donors (Lipinski definition) is 1. The van der Waals surface area contributed by atoms with Crippen LogP contribution in [0.25, 0.3) is 11.3 Å². The number of rotatable bonds is 4. The van der Waals surface area contributed by atoms with Crippen LogP contribution in [0.5, 0.6) is 11.5 Å². The monoisotopic (exact) mass is 377 g/mol. The Bertz CT molecular complexity index is 995. The van der Waals surface area contributed by atoms with Crippen LogP contribution in [0.2, 0.25) is 0 Å². The van der Waals surface area contributed by atoms with Crippen molar-refractivity contribution < 1.29 is 14.3 Å². The van der Waals surface area contributed by atoms with Gasteiger partial charge in [0.2, 0.25) is 0 Å². The first-order valence-electron chi connectivity index (χ1n) is 9.29. The van der Waals surface area contributed by atoms with E-state index in [9.17, 15) is 4.79 Å². The third-order valence-electron chi connectivity index (χ3n) is 4.80. The van der Waals surface area contributed by atoms with Gasteiger partial charge in [0.15, 0.2) is 17.6 Å². The fraction of sp³-hybridized carbons (Fsp3) is 0.273. The molecule has 1 N–H and O–H groups in total. The number of fused-ring (bicyclic) bond motifs is 1. The van der Waals surface area contributed by atoms with Gasteiger partial charge in [-0.15, -0.1) is 0 Å². The lowest BCUT2D eigenvalue weighted by Crippen LogP contribution is -2.41. The van der Waals surface area contributed by atoms with Crippen LogP contribution in [-0.4, -0.2) is 47.1 Å². The highest BCUT2D eigenvalue weighted by molar-refractivity contribution is 5.94. The number of ether oxygens (including phenoxy) is 2. The van der Waals surface area contributed by atoms with E-state index in [0.29, 0.717) is 24.5 Å². The second-order valence-corrected chi connectivity index (χ2v) is 7.06. The zero-order valence-corrected chi connectivity index (χ0v) is 16.2. The van der Waals surface area contributed by atoms with E-state index in [2.05, 4.69) is 9.97 Å². The number of hydrogen-bond acceptors (Lipinski definition) is 4. The molecule has 3 aromatic rings. The number of aromatic amines is 1. The van der Waals surface area contributed by atoms with Crippen molar-refractivity contribution in [3.8, 4) is 22.8 Å². The van der Waals surface area contributed by atoms with Crippen LogP contribution in [0.1, 0.15) is 21.9 Å². The number of benzene rings is 2. The Kier molecular flexibility index (Phi) is 4.77. The molecule has 6 heteroatoms. The van der Waals surface area contributed by atoms with Gasteiger partial charge < -0.3 is 19.4 Å². The molecule has 0 saturated heterocycles. The number of nitrogens with zero attached hydrogens (tertiary/aromatic N) is 2. The Balaban J connectivity index is 1.42. The number of H-pyrrole nitrogens is 1. The van der Waals surface area contributed by atoms with Crippen LogP contribution in [0, 0.1) is 13.8 Å². The summed E-state index contributed by atoms with van der Waals surface area (Å²) in [7, 11) is 1.78. The molecule has 1 aromatic heterocycles. The third-order valence-corrected chi connectivity index (χ3v) is 4.80. The smallest absolute Gasteiger partial charge is 0.253 e. The number of carbonyl (C=O) groups is 1. The Labute approximate surface area is 164 Å². The lowest BCUT2D eigenvalue weighted by molar-refractivity contribution is 0.0521. The molecule has 2 aromatic carbocycles. The van der Waals surface area contributed by atoms with E-state index in [0.717, 1.165) is 28.5 Å². The molecule has 0 spiro atoms. The molecule has 4 rings (SSSR count). The molecule has 0 radical (unpaired) electrons. The first kappa shape index (κ1) is 18.1. The molecule has 1 amide bonds. The fourth-order valence-electron chi connectivity index (χ4n) is 3.42. The van der Waals surface area contributed by atoms with Gasteiger partial charge in [0.25, 0.3) is 5.91 Å². The van der Waals surface area contributed by atoms with Crippen molar-refractivity contribution in [2.75, 3.05) is 20.2 Å². The molecule has 1 atom stereocenters. The van der Waals surface area contributed by atoms with Crippen LogP contribution < -0.4 is 9.47 Å². The Hall–Kier alpha value is -3.28. The number of imidazole rings is 1. The van der Waals surface area contributed by atoms with Gasteiger partial charge in [0.1, 0.15) is 12.4 Å². The van der Waals surface area contributed by atoms with Crippen LogP contribution in [0.15, 0.2) is 48.5 Å². The zero-order chi connectivity index (χ0) is 19.7. The number of amides is 1. The SMILES string of the molecule is Cc1nc(-c2ccc(C(=O)N(C)C[C@@H]3COc4ccccc4O3)cc2)c(C)[nH]1. The maximum atomic E-state index is 12.8. The molecule has 28 heavy (non-hydrogen) atoms. The van der Waals surface area contributed by atoms with E-state index in [1.165, 1.54) is 0 Å². The van der Waals surface area contributed by atoms with Gasteiger partial charge in [0, 0.05) is 23.9 Å². The highest BCUT2D eigenvalue weighted by Crippen LogP contribution is 2.31. The molecule has 144 valence electrons. The summed E-state index contributed by atoms with van der Waals surface area (Å²) < 4.78 is 11.7. The van der Waals surface area contributed by atoms with Gasteiger partial charge >= 0.3 is 0 Å². The van der Waals surface area contributed by atoms with Crippen LogP contribution in [-0.2, 0) is 0 Å². The highest BCUT2D eigenvalue weighted by atomic mass is 16.6. The van der Waals surface area contributed by atoms with Crippen molar-refractivity contribution in [3.63, 3.8) is 0 Å². The van der Waals surface area contributed by atoms with Crippen molar-refractivity contribution >= 4 is 5.91 Å². The Morgan fingerprint density at radius 2 is 1.86 bits per heavy atom. The summed E-state index contributed by atoms with van der Waals surface area (Å²) in [4.78, 5) is 22.2. The summed E-state index contributed by atoms with van der Waals surface area (Å²) in [6, 6.07) is 15.1. The predicted molar refractivity (Wildman–Crippen MR) is 107 cm³/mol. The second kappa shape index (κ2) is 7.38. The summed E-state index contributed by atoms with van der Waals surface area (Å²) in [5.74, 6) is 2.29. The van der Waals surface area contributed by atoms with Crippen molar-refractivity contribution in [2.45, 2.75) is 20.0 Å². The minimum absolute atomic E-state index is 0.0519. The predicted octanol–water partition coefficient (Wildman–Crippen LogP) is 3.61. The van der Waals surface area contributed by atoms with Gasteiger partial charge in [-0.1, -0.05) is 24.3 Å². The minimum atomic E-state index is -0.196. The third kappa shape index (κ3) is 3.58. The van der Waals surface area contributed by atoms with Gasteiger partial charge in [-0.25, -0.2) is 4.98 Å². The maximum Gasteiger partial charge on any atom is 0.253 e. The number of nitrogens with one attached hydrogen (secondary N) is 1. The molecule has 0 aliphatic carbocycles. The average molecular weight is 377 g/mol. The van der Waals surface area contributed by atoms with E-state index in [-0.39, 0.29) is 12.0 Å². The zero-order valence-electron chi connectivity index (χ0n) is 16.2. The van der Waals surface area contributed by atoms with Crippen LogP contribution >= 0.6 is 0 Å². The molecule has 0 bridgehead atoms. The number of para-hydroxylation sites is 2. The Morgan fingerprint density at radius 3 is 2.54 bits per heavy atom. The van der Waals surface area contributed by atoms with E-state index < -0.39 is 0 Å². The number of aryl methyl sites for hydroxylation is 2. The molecule has 6 nitrogen and oxygen atoms in total. The van der Waals surface area contributed by atoms with Crippen molar-refractivity contribution in [3.05, 3.63) is 65.6 Å². The van der Waals surface area contributed by atoms with E-state index in [1.54, 1.807) is 11.9 Å². The number of carbonyl (C=O) groups excluding carboxylic acids is 1.